The van der Waals surface area contributed by atoms with E-state index in [0.29, 0.717) is 5.41 Å². The molecule has 0 aliphatic carbocycles. The summed E-state index contributed by atoms with van der Waals surface area (Å²) in [5, 5.41) is 1.44. The molecule has 21 nitrogen and oxygen atoms in total. The van der Waals surface area contributed by atoms with E-state index >= 15 is 0 Å². The molecule has 4 N–H and O–H groups in total. The van der Waals surface area contributed by atoms with Crippen LogP contribution in [0, 0.1) is 5.92 Å². The number of amides is 1. The Morgan fingerprint density at radius 3 is 1.80 bits per heavy atom. The number of hydrogen-bond acceptors (Lipinski definition) is 17. The molecule has 1 amide bonds. The normalized spacial score (nSPS) is 17.3. The Morgan fingerprint density at radius 1 is 0.977 bits per heavy atom. The molecule has 0 rings (SSSR count). The number of ketones is 1. The highest BCUT2D eigenvalue weighted by Crippen LogP contribution is 2.54. The van der Waals surface area contributed by atoms with E-state index in [2.05, 4.69) is 27.1 Å². The van der Waals surface area contributed by atoms with Crippen LogP contribution < -0.4 is 24.9 Å². The molecule has 262 valence electrons. The fourth-order valence-corrected chi connectivity index (χ4v) is 7.49. The van der Waals surface area contributed by atoms with Gasteiger partial charge in [-0.05, 0) is 25.3 Å². The molecule has 44 heavy (non-hydrogen) atoms. The standard InChI is InChI=1S/C9H21NO10P2S.C6H12O7P2.C2H4O3S/c1-3-8(23(17,18)19)6-7(2)9(11)10-4-5-21(12,13)20-22(14,15)16;1-2-6(7)4-3-5-14(8,9)13-15(10,11)12;1-2-6(3,4)5/h7-8H,3-6H2,1-2H3,(H,10,11)(H,12,13)(H2,14,15,16)(H,17,18,19);2H,1,3-5H2,(H,8,9)(H2,10,11,12);2H,1H2,(H,3,4,5)/p-5. The molecule has 5 atom stereocenters. The van der Waals surface area contributed by atoms with E-state index in [0.717, 1.165) is 6.08 Å². The number of hydrogen-bond donors (Lipinski definition) is 4. The van der Waals surface area contributed by atoms with Crippen molar-refractivity contribution in [3.05, 3.63) is 24.6 Å². The van der Waals surface area contributed by atoms with E-state index in [1.165, 1.54) is 13.8 Å². The summed E-state index contributed by atoms with van der Waals surface area (Å²) in [5.74, 6) is -1.84. The summed E-state index contributed by atoms with van der Waals surface area (Å²) in [5.41, 5.74) is 0. The lowest BCUT2D eigenvalue weighted by Gasteiger charge is -2.35. The predicted octanol–water partition coefficient (Wildman–Crippen LogP) is -1.95. The minimum atomic E-state index is -5.54. The van der Waals surface area contributed by atoms with Crippen LogP contribution in [0.5, 0.6) is 0 Å². The van der Waals surface area contributed by atoms with Crippen LogP contribution in [0.2, 0.25) is 0 Å². The summed E-state index contributed by atoms with van der Waals surface area (Å²) >= 11 is 0. The topological polar surface area (TPSA) is 377 Å². The Labute approximate surface area is 253 Å². The first kappa shape index (κ1) is 47.4. The third-order valence-corrected chi connectivity index (χ3v) is 11.4. The minimum Gasteiger partial charge on any atom is -0.790 e. The van der Waals surface area contributed by atoms with Crippen molar-refractivity contribution in [2.24, 2.45) is 5.92 Å². The van der Waals surface area contributed by atoms with Crippen LogP contribution in [0.3, 0.4) is 0 Å². The summed E-state index contributed by atoms with van der Waals surface area (Å²) in [6.45, 7) is 8.39. The van der Waals surface area contributed by atoms with Gasteiger partial charge in [-0.1, -0.05) is 27.0 Å². The molecule has 0 spiro atoms. The minimum absolute atomic E-state index is 0.0961. The van der Waals surface area contributed by atoms with E-state index in [1.807, 2.05) is 0 Å². The molecule has 0 aliphatic rings. The van der Waals surface area contributed by atoms with Crippen LogP contribution in [0.25, 0.3) is 0 Å². The summed E-state index contributed by atoms with van der Waals surface area (Å²) in [6.07, 6.45) is -0.698. The molecule has 0 saturated heterocycles. The highest BCUT2D eigenvalue weighted by molar-refractivity contribution is 7.88. The Bertz CT molecular complexity index is 1360. The molecule has 0 radical (unpaired) electrons. The summed E-state index contributed by atoms with van der Waals surface area (Å²) in [6, 6.07) is 0. The number of phosphoric acid groups is 2. The molecule has 0 fully saturated rings. The zero-order valence-electron chi connectivity index (χ0n) is 23.1. The molecule has 0 aliphatic heterocycles. The largest absolute Gasteiger partial charge is 0.790 e. The molecule has 5 unspecified atom stereocenters. The smallest absolute Gasteiger partial charge is 0.336 e. The van der Waals surface area contributed by atoms with Crippen LogP contribution in [0.1, 0.15) is 39.5 Å². The van der Waals surface area contributed by atoms with Crippen molar-refractivity contribution >= 4 is 62.8 Å². The second-order valence-corrected chi connectivity index (χ2v) is 17.7. The molecule has 0 aromatic carbocycles. The predicted molar refractivity (Wildman–Crippen MR) is 144 cm³/mol. The zero-order valence-corrected chi connectivity index (χ0v) is 28.3. The molecular weight excluding hydrogens is 726 g/mol. The highest BCUT2D eigenvalue weighted by Gasteiger charge is 2.28. The average molecular weight is 758 g/mol. The van der Waals surface area contributed by atoms with Crippen molar-refractivity contribution in [2.45, 2.75) is 44.8 Å². The number of nitrogens with one attached hydrogen (secondary N) is 1. The van der Waals surface area contributed by atoms with Crippen molar-refractivity contribution in [1.29, 1.82) is 0 Å². The van der Waals surface area contributed by atoms with Crippen LogP contribution >= 0.6 is 30.8 Å². The summed E-state index contributed by atoms with van der Waals surface area (Å²) < 4.78 is 108. The van der Waals surface area contributed by atoms with Crippen LogP contribution in [0.15, 0.2) is 24.6 Å². The second kappa shape index (κ2) is 20.3. The van der Waals surface area contributed by atoms with Crippen molar-refractivity contribution in [2.75, 3.05) is 18.9 Å². The van der Waals surface area contributed by atoms with E-state index in [-0.39, 0.29) is 31.5 Å². The van der Waals surface area contributed by atoms with Gasteiger partial charge in [-0.15, -0.1) is 0 Å². The van der Waals surface area contributed by atoms with E-state index in [1.54, 1.807) is 0 Å². The van der Waals surface area contributed by atoms with Gasteiger partial charge in [-0.2, -0.15) is 8.42 Å². The van der Waals surface area contributed by atoms with Gasteiger partial charge in [0.05, 0.1) is 19.2 Å². The Hall–Kier alpha value is -0.960. The van der Waals surface area contributed by atoms with Crippen molar-refractivity contribution < 1.29 is 91.8 Å². The van der Waals surface area contributed by atoms with Crippen LogP contribution in [0.4, 0.5) is 0 Å². The lowest BCUT2D eigenvalue weighted by Crippen LogP contribution is -2.34. The molecule has 0 aromatic heterocycles. The molecule has 27 heteroatoms. The van der Waals surface area contributed by atoms with Crippen molar-refractivity contribution in [3.8, 4) is 0 Å². The lowest BCUT2D eigenvalue weighted by molar-refractivity contribution is -0.337. The first-order chi connectivity index (χ1) is 19.4. The van der Waals surface area contributed by atoms with Gasteiger partial charge >= 0.3 is 7.60 Å². The first-order valence-corrected chi connectivity index (χ1v) is 20.9. The maximum atomic E-state index is 11.7. The van der Waals surface area contributed by atoms with Gasteiger partial charge in [0.1, 0.15) is 17.7 Å². The van der Waals surface area contributed by atoms with E-state index in [9.17, 15) is 68.8 Å². The van der Waals surface area contributed by atoms with E-state index in [4.69, 9.17) is 14.3 Å². The first-order valence-electron chi connectivity index (χ1n) is 11.5. The third kappa shape index (κ3) is 31.0. The SMILES string of the molecule is C=CC(=O)CCCP(=O)([O-])OP(=O)([O-])[O-].C=CS(=O)(=O)[O-].CCC(CC(C)C(=O)NCCP(=O)(O)OP(=O)([O-])O)S(=O)(=O)O. The second-order valence-electron chi connectivity index (χ2n) is 8.18. The van der Waals surface area contributed by atoms with Gasteiger partial charge in [0.15, 0.2) is 5.78 Å². The van der Waals surface area contributed by atoms with Crippen molar-refractivity contribution in [1.82, 2.24) is 5.32 Å². The van der Waals surface area contributed by atoms with Gasteiger partial charge in [0, 0.05) is 30.5 Å². The summed E-state index contributed by atoms with van der Waals surface area (Å²) in [7, 11) is -28.7. The molecule has 0 aromatic rings. The zero-order chi connectivity index (χ0) is 35.8. The number of allylic oxidation sites excluding steroid dienone is 1. The molecule has 0 saturated carbocycles. The monoisotopic (exact) mass is 758 g/mol. The average Bonchev–Trinajstić information content (AvgIpc) is 2.78. The molecular formula is C17H32NO20P4S2-5. The van der Waals surface area contributed by atoms with Gasteiger partial charge in [-0.3, -0.25) is 23.3 Å². The number of rotatable bonds is 18. The third-order valence-electron chi connectivity index (χ3n) is 4.38. The van der Waals surface area contributed by atoms with Gasteiger partial charge < -0.3 is 52.7 Å². The van der Waals surface area contributed by atoms with Crippen LogP contribution in [-0.4, -0.2) is 71.5 Å². The highest BCUT2D eigenvalue weighted by atomic mass is 32.2. The fraction of sp³-hybridized carbons (Fsp3) is 0.647. The molecule has 0 bridgehead atoms. The fourth-order valence-electron chi connectivity index (χ4n) is 2.44. The Kier molecular flexibility index (Phi) is 21.9. The number of carbonyl (C=O) groups excluding carboxylic acids is 2. The van der Waals surface area contributed by atoms with Crippen molar-refractivity contribution in [3.63, 3.8) is 0 Å². The van der Waals surface area contributed by atoms with Crippen LogP contribution in [-0.2, 0) is 56.7 Å². The summed E-state index contributed by atoms with van der Waals surface area (Å²) in [4.78, 5) is 81.0. The maximum Gasteiger partial charge on any atom is 0.336 e. The number of carbonyl (C=O) groups is 2. The maximum absolute atomic E-state index is 11.7. The van der Waals surface area contributed by atoms with E-state index < -0.39 is 87.0 Å². The van der Waals surface area contributed by atoms with Gasteiger partial charge in [-0.25, -0.2) is 12.7 Å². The Balaban J connectivity index is -0.000000681. The van der Waals surface area contributed by atoms with Gasteiger partial charge in [0.2, 0.25) is 5.91 Å². The lowest BCUT2D eigenvalue weighted by atomic mass is 10.0. The quantitative estimate of drug-likeness (QED) is 0.0670. The molecule has 0 heterocycles. The van der Waals surface area contributed by atoms with Gasteiger partial charge in [0.25, 0.3) is 17.9 Å². The Morgan fingerprint density at radius 2 is 1.45 bits per heavy atom.